The molecular formula is C13H18ClFN2O2S. The lowest BCUT2D eigenvalue weighted by Crippen LogP contribution is -2.47. The zero-order valence-corrected chi connectivity index (χ0v) is 12.8. The molecule has 7 heteroatoms. The van der Waals surface area contributed by atoms with Crippen molar-refractivity contribution in [2.75, 3.05) is 5.73 Å². The minimum absolute atomic E-state index is 0.116. The number of nitrogen functional groups attached to an aromatic ring is 1. The van der Waals surface area contributed by atoms with Crippen molar-refractivity contribution >= 4 is 27.3 Å². The van der Waals surface area contributed by atoms with Gasteiger partial charge in [-0.25, -0.2) is 17.5 Å². The Balaban J connectivity index is 2.36. The highest BCUT2D eigenvalue weighted by Gasteiger charge is 2.33. The topological polar surface area (TPSA) is 72.2 Å². The fraction of sp³-hybridized carbons (Fsp3) is 0.538. The Bertz CT molecular complexity index is 613. The van der Waals surface area contributed by atoms with Crippen LogP contribution in [-0.4, -0.2) is 14.0 Å². The minimum Gasteiger partial charge on any atom is -0.399 e. The Morgan fingerprint density at radius 3 is 2.50 bits per heavy atom. The molecule has 0 bridgehead atoms. The van der Waals surface area contributed by atoms with Crippen molar-refractivity contribution in [1.29, 1.82) is 0 Å². The van der Waals surface area contributed by atoms with Crippen molar-refractivity contribution in [3.8, 4) is 0 Å². The van der Waals surface area contributed by atoms with Crippen molar-refractivity contribution in [3.63, 3.8) is 0 Å². The molecule has 3 N–H and O–H groups in total. The molecule has 0 aliphatic heterocycles. The van der Waals surface area contributed by atoms with E-state index >= 15 is 0 Å². The molecule has 4 nitrogen and oxygen atoms in total. The predicted octanol–water partition coefficient (Wildman–Crippen LogP) is 3.06. The predicted molar refractivity (Wildman–Crippen MR) is 77.6 cm³/mol. The number of hydrogen-bond donors (Lipinski definition) is 2. The third-order valence-corrected chi connectivity index (χ3v) is 5.56. The van der Waals surface area contributed by atoms with Crippen LogP contribution in [0.3, 0.4) is 0 Å². The Labute approximate surface area is 123 Å². The summed E-state index contributed by atoms with van der Waals surface area (Å²) in [5.74, 6) is -0.965. The second kappa shape index (κ2) is 5.50. The molecule has 1 fully saturated rings. The highest BCUT2D eigenvalue weighted by Crippen LogP contribution is 2.31. The van der Waals surface area contributed by atoms with Crippen molar-refractivity contribution in [3.05, 3.63) is 23.0 Å². The molecular weight excluding hydrogens is 303 g/mol. The van der Waals surface area contributed by atoms with Crippen molar-refractivity contribution in [1.82, 2.24) is 4.72 Å². The van der Waals surface area contributed by atoms with E-state index < -0.39 is 26.3 Å². The SMILES string of the molecule is CC1(NS(=O)(=O)c2cc(N)cc(Cl)c2F)CCCCC1. The van der Waals surface area contributed by atoms with Crippen LogP contribution in [0.1, 0.15) is 39.0 Å². The number of nitrogens with one attached hydrogen (secondary N) is 1. The van der Waals surface area contributed by atoms with Gasteiger partial charge in [-0.2, -0.15) is 0 Å². The summed E-state index contributed by atoms with van der Waals surface area (Å²) in [6.45, 7) is 1.84. The van der Waals surface area contributed by atoms with Crippen LogP contribution in [0.4, 0.5) is 10.1 Å². The van der Waals surface area contributed by atoms with Gasteiger partial charge in [-0.05, 0) is 31.9 Å². The monoisotopic (exact) mass is 320 g/mol. The normalized spacial score (nSPS) is 18.9. The molecule has 1 aromatic carbocycles. The van der Waals surface area contributed by atoms with Gasteiger partial charge in [-0.1, -0.05) is 30.9 Å². The van der Waals surface area contributed by atoms with Crippen molar-refractivity contribution < 1.29 is 12.8 Å². The molecule has 0 amide bonds. The molecule has 1 aliphatic carbocycles. The molecule has 1 saturated carbocycles. The molecule has 0 saturated heterocycles. The van der Waals surface area contributed by atoms with E-state index in [0.717, 1.165) is 38.2 Å². The summed E-state index contributed by atoms with van der Waals surface area (Å²) in [6.07, 6.45) is 4.49. The van der Waals surface area contributed by atoms with Gasteiger partial charge in [0.1, 0.15) is 4.90 Å². The molecule has 0 aromatic heterocycles. The van der Waals surface area contributed by atoms with Gasteiger partial charge >= 0.3 is 0 Å². The van der Waals surface area contributed by atoms with Crippen LogP contribution in [0, 0.1) is 5.82 Å². The lowest BCUT2D eigenvalue weighted by molar-refractivity contribution is 0.293. The highest BCUT2D eigenvalue weighted by atomic mass is 35.5. The molecule has 2 rings (SSSR count). The third-order valence-electron chi connectivity index (χ3n) is 3.64. The first-order chi connectivity index (χ1) is 9.23. The first-order valence-corrected chi connectivity index (χ1v) is 8.38. The van der Waals surface area contributed by atoms with Crippen LogP contribution in [0.25, 0.3) is 0 Å². The zero-order chi connectivity index (χ0) is 15.0. The van der Waals surface area contributed by atoms with Crippen LogP contribution in [0.15, 0.2) is 17.0 Å². The molecule has 0 radical (unpaired) electrons. The summed E-state index contributed by atoms with van der Waals surface area (Å²) in [5.41, 5.74) is 5.12. The van der Waals surface area contributed by atoms with Crippen LogP contribution in [0.5, 0.6) is 0 Å². The van der Waals surface area contributed by atoms with Gasteiger partial charge in [0, 0.05) is 11.2 Å². The first-order valence-electron chi connectivity index (χ1n) is 6.52. The average Bonchev–Trinajstić information content (AvgIpc) is 2.33. The molecule has 20 heavy (non-hydrogen) atoms. The molecule has 0 heterocycles. The Hall–Kier alpha value is -0.850. The fourth-order valence-corrected chi connectivity index (χ4v) is 4.48. The summed E-state index contributed by atoms with van der Waals surface area (Å²) in [5, 5.41) is -0.292. The lowest BCUT2D eigenvalue weighted by Gasteiger charge is -2.34. The van der Waals surface area contributed by atoms with Crippen molar-refractivity contribution in [2.45, 2.75) is 49.5 Å². The highest BCUT2D eigenvalue weighted by molar-refractivity contribution is 7.89. The van der Waals surface area contributed by atoms with E-state index in [-0.39, 0.29) is 10.7 Å². The van der Waals surface area contributed by atoms with E-state index in [1.165, 1.54) is 6.07 Å². The van der Waals surface area contributed by atoms with Gasteiger partial charge in [-0.3, -0.25) is 0 Å². The van der Waals surface area contributed by atoms with Crippen LogP contribution in [-0.2, 0) is 10.0 Å². The lowest BCUT2D eigenvalue weighted by atomic mass is 9.84. The standard InChI is InChI=1S/C13H18ClFN2O2S/c1-13(5-3-2-4-6-13)17-20(18,19)11-8-9(16)7-10(14)12(11)15/h7-8,17H,2-6,16H2,1H3. The molecule has 0 spiro atoms. The number of anilines is 1. The van der Waals surface area contributed by atoms with Crippen LogP contribution < -0.4 is 10.5 Å². The smallest absolute Gasteiger partial charge is 0.244 e. The number of hydrogen-bond acceptors (Lipinski definition) is 3. The van der Waals surface area contributed by atoms with E-state index in [0.29, 0.717) is 0 Å². The maximum atomic E-state index is 13.9. The third kappa shape index (κ3) is 3.24. The van der Waals surface area contributed by atoms with E-state index in [1.807, 2.05) is 6.92 Å². The number of benzene rings is 1. The van der Waals surface area contributed by atoms with Crippen molar-refractivity contribution in [2.24, 2.45) is 0 Å². The van der Waals surface area contributed by atoms with Gasteiger partial charge in [-0.15, -0.1) is 0 Å². The average molecular weight is 321 g/mol. The maximum absolute atomic E-state index is 13.9. The van der Waals surface area contributed by atoms with E-state index in [2.05, 4.69) is 4.72 Å². The van der Waals surface area contributed by atoms with Crippen LogP contribution in [0.2, 0.25) is 5.02 Å². The van der Waals surface area contributed by atoms with Gasteiger partial charge < -0.3 is 5.73 Å². The molecule has 1 aromatic rings. The number of halogens is 2. The summed E-state index contributed by atoms with van der Waals surface area (Å²) in [6, 6.07) is 2.29. The largest absolute Gasteiger partial charge is 0.399 e. The molecule has 0 atom stereocenters. The van der Waals surface area contributed by atoms with Crippen LogP contribution >= 0.6 is 11.6 Å². The van der Waals surface area contributed by atoms with Gasteiger partial charge in [0.25, 0.3) is 0 Å². The summed E-state index contributed by atoms with van der Waals surface area (Å²) in [7, 11) is -3.98. The quantitative estimate of drug-likeness (QED) is 0.841. The van der Waals surface area contributed by atoms with E-state index in [9.17, 15) is 12.8 Å². The Kier molecular flexibility index (Phi) is 4.27. The van der Waals surface area contributed by atoms with E-state index in [1.54, 1.807) is 0 Å². The molecule has 112 valence electrons. The summed E-state index contributed by atoms with van der Waals surface area (Å²) in [4.78, 5) is -0.491. The summed E-state index contributed by atoms with van der Waals surface area (Å²) >= 11 is 5.66. The van der Waals surface area contributed by atoms with Gasteiger partial charge in [0.05, 0.1) is 5.02 Å². The first kappa shape index (κ1) is 15.5. The summed E-state index contributed by atoms with van der Waals surface area (Å²) < 4.78 is 41.3. The fourth-order valence-electron chi connectivity index (χ4n) is 2.59. The Morgan fingerprint density at radius 1 is 1.30 bits per heavy atom. The maximum Gasteiger partial charge on any atom is 0.244 e. The second-order valence-corrected chi connectivity index (χ2v) is 7.60. The van der Waals surface area contributed by atoms with E-state index in [4.69, 9.17) is 17.3 Å². The number of nitrogens with two attached hydrogens (primary N) is 1. The number of sulfonamides is 1. The van der Waals surface area contributed by atoms with Gasteiger partial charge in [0.15, 0.2) is 5.82 Å². The van der Waals surface area contributed by atoms with Gasteiger partial charge in [0.2, 0.25) is 10.0 Å². The second-order valence-electron chi connectivity index (χ2n) is 5.54. The molecule has 1 aliphatic rings. The molecule has 0 unspecified atom stereocenters. The Morgan fingerprint density at radius 2 is 1.90 bits per heavy atom. The zero-order valence-electron chi connectivity index (χ0n) is 11.2. The minimum atomic E-state index is -3.98. The number of rotatable bonds is 3.